The number of methoxy groups -OCH3 is 1. The molecule has 0 saturated heterocycles. The Morgan fingerprint density at radius 3 is 2.81 bits per heavy atom. The van der Waals surface area contributed by atoms with E-state index >= 15 is 0 Å². The van der Waals surface area contributed by atoms with Crippen molar-refractivity contribution < 1.29 is 9.53 Å². The van der Waals surface area contributed by atoms with Gasteiger partial charge in [-0.1, -0.05) is 36.4 Å². The van der Waals surface area contributed by atoms with Gasteiger partial charge in [0.2, 0.25) is 0 Å². The van der Waals surface area contributed by atoms with Gasteiger partial charge in [0.25, 0.3) is 0 Å². The molecule has 0 aliphatic heterocycles. The van der Waals surface area contributed by atoms with Gasteiger partial charge < -0.3 is 10.1 Å². The maximum absolute atomic E-state index is 10.9. The number of nitrogens with one attached hydrogen (secondary N) is 1. The van der Waals surface area contributed by atoms with Gasteiger partial charge in [0.05, 0.1) is 13.7 Å². The van der Waals surface area contributed by atoms with Crippen LogP contribution in [0.2, 0.25) is 0 Å². The SMILES string of the molecule is C=C(CNCC(=O)OC)c1cccc(C)c1. The summed E-state index contributed by atoms with van der Waals surface area (Å²) in [7, 11) is 1.37. The van der Waals surface area contributed by atoms with E-state index in [1.807, 2.05) is 25.1 Å². The minimum absolute atomic E-state index is 0.210. The van der Waals surface area contributed by atoms with E-state index in [4.69, 9.17) is 0 Å². The summed E-state index contributed by atoms with van der Waals surface area (Å²) >= 11 is 0. The molecule has 1 rings (SSSR count). The van der Waals surface area contributed by atoms with Crippen molar-refractivity contribution in [3.63, 3.8) is 0 Å². The molecule has 1 N–H and O–H groups in total. The van der Waals surface area contributed by atoms with Crippen molar-refractivity contribution in [3.8, 4) is 0 Å². The van der Waals surface area contributed by atoms with E-state index in [0.717, 1.165) is 11.1 Å². The number of ether oxygens (including phenoxy) is 1. The molecular weight excluding hydrogens is 202 g/mol. The highest BCUT2D eigenvalue weighted by Gasteiger charge is 2.01. The maximum atomic E-state index is 10.9. The number of aryl methyl sites for hydroxylation is 1. The van der Waals surface area contributed by atoms with Gasteiger partial charge >= 0.3 is 5.97 Å². The molecule has 86 valence electrons. The van der Waals surface area contributed by atoms with Gasteiger partial charge in [0.15, 0.2) is 0 Å². The van der Waals surface area contributed by atoms with Crippen molar-refractivity contribution >= 4 is 11.5 Å². The first kappa shape index (κ1) is 12.5. The summed E-state index contributed by atoms with van der Waals surface area (Å²) in [6, 6.07) is 8.12. The van der Waals surface area contributed by atoms with Crippen molar-refractivity contribution in [2.45, 2.75) is 6.92 Å². The summed E-state index contributed by atoms with van der Waals surface area (Å²) in [6.07, 6.45) is 0. The predicted molar refractivity (Wildman–Crippen MR) is 65.1 cm³/mol. The second-order valence-electron chi connectivity index (χ2n) is 3.65. The second-order valence-corrected chi connectivity index (χ2v) is 3.65. The molecule has 3 heteroatoms. The van der Waals surface area contributed by atoms with Crippen molar-refractivity contribution in [1.29, 1.82) is 0 Å². The lowest BCUT2D eigenvalue weighted by Crippen LogP contribution is -2.25. The molecule has 1 aromatic carbocycles. The topological polar surface area (TPSA) is 38.3 Å². The van der Waals surface area contributed by atoms with Crippen LogP contribution < -0.4 is 5.32 Å². The molecule has 3 nitrogen and oxygen atoms in total. The Bertz CT molecular complexity index is 385. The smallest absolute Gasteiger partial charge is 0.319 e. The number of benzene rings is 1. The Morgan fingerprint density at radius 2 is 2.19 bits per heavy atom. The summed E-state index contributed by atoms with van der Waals surface area (Å²) in [5.74, 6) is -0.267. The van der Waals surface area contributed by atoms with Gasteiger partial charge in [-0.25, -0.2) is 0 Å². The van der Waals surface area contributed by atoms with Gasteiger partial charge in [-0.15, -0.1) is 0 Å². The van der Waals surface area contributed by atoms with Crippen LogP contribution in [0, 0.1) is 6.92 Å². The molecule has 0 radical (unpaired) electrons. The monoisotopic (exact) mass is 219 g/mol. The lowest BCUT2D eigenvalue weighted by Gasteiger charge is -2.07. The van der Waals surface area contributed by atoms with E-state index in [9.17, 15) is 4.79 Å². The minimum Gasteiger partial charge on any atom is -0.468 e. The fraction of sp³-hybridized carbons (Fsp3) is 0.308. The number of carbonyl (C=O) groups is 1. The third kappa shape index (κ3) is 3.87. The zero-order valence-electron chi connectivity index (χ0n) is 9.75. The maximum Gasteiger partial charge on any atom is 0.319 e. The zero-order valence-corrected chi connectivity index (χ0v) is 9.75. The molecule has 0 unspecified atom stereocenters. The van der Waals surface area contributed by atoms with Crippen LogP contribution in [0.15, 0.2) is 30.8 Å². The van der Waals surface area contributed by atoms with E-state index in [-0.39, 0.29) is 12.5 Å². The van der Waals surface area contributed by atoms with Crippen LogP contribution in [0.1, 0.15) is 11.1 Å². The molecule has 0 fully saturated rings. The fourth-order valence-corrected chi connectivity index (χ4v) is 1.35. The van der Waals surface area contributed by atoms with Crippen LogP contribution in [0.3, 0.4) is 0 Å². The zero-order chi connectivity index (χ0) is 12.0. The summed E-state index contributed by atoms with van der Waals surface area (Å²) in [4.78, 5) is 10.9. The van der Waals surface area contributed by atoms with E-state index < -0.39 is 0 Å². The fourth-order valence-electron chi connectivity index (χ4n) is 1.35. The lowest BCUT2D eigenvalue weighted by molar-refractivity contribution is -0.139. The molecule has 0 saturated carbocycles. The number of rotatable bonds is 5. The number of hydrogen-bond acceptors (Lipinski definition) is 3. The van der Waals surface area contributed by atoms with Crippen molar-refractivity contribution in [1.82, 2.24) is 5.32 Å². The number of esters is 1. The third-order valence-electron chi connectivity index (χ3n) is 2.26. The standard InChI is InChI=1S/C13H17NO2/c1-10-5-4-6-12(7-10)11(2)8-14-9-13(15)16-3/h4-7,14H,2,8-9H2,1,3H3. The van der Waals surface area contributed by atoms with Crippen molar-refractivity contribution in [2.24, 2.45) is 0 Å². The second kappa shape index (κ2) is 6.08. The number of carbonyl (C=O) groups excluding carboxylic acids is 1. The summed E-state index contributed by atoms with van der Waals surface area (Å²) in [6.45, 7) is 6.81. The van der Waals surface area contributed by atoms with Gasteiger partial charge in [-0.05, 0) is 18.1 Å². The quantitative estimate of drug-likeness (QED) is 0.767. The van der Waals surface area contributed by atoms with E-state index in [0.29, 0.717) is 6.54 Å². The molecule has 1 aromatic rings. The molecule has 0 aromatic heterocycles. The highest BCUT2D eigenvalue weighted by Crippen LogP contribution is 2.12. The summed E-state index contributed by atoms with van der Waals surface area (Å²) in [5.41, 5.74) is 3.26. The van der Waals surface area contributed by atoms with Crippen LogP contribution in [-0.2, 0) is 9.53 Å². The first-order chi connectivity index (χ1) is 7.63. The molecule has 0 spiro atoms. The van der Waals surface area contributed by atoms with E-state index in [1.54, 1.807) is 0 Å². The Kier molecular flexibility index (Phi) is 4.73. The summed E-state index contributed by atoms with van der Waals surface area (Å²) < 4.78 is 4.53. The predicted octanol–water partition coefficient (Wildman–Crippen LogP) is 1.77. The number of hydrogen-bond donors (Lipinski definition) is 1. The Morgan fingerprint density at radius 1 is 1.44 bits per heavy atom. The van der Waals surface area contributed by atoms with Gasteiger partial charge in [-0.3, -0.25) is 4.79 Å². The van der Waals surface area contributed by atoms with E-state index in [2.05, 4.69) is 22.7 Å². The molecule has 0 heterocycles. The molecule has 0 amide bonds. The highest BCUT2D eigenvalue weighted by atomic mass is 16.5. The third-order valence-corrected chi connectivity index (χ3v) is 2.26. The van der Waals surface area contributed by atoms with Gasteiger partial charge in [0, 0.05) is 6.54 Å². The van der Waals surface area contributed by atoms with E-state index in [1.165, 1.54) is 12.7 Å². The molecule has 0 aliphatic rings. The van der Waals surface area contributed by atoms with Gasteiger partial charge in [0.1, 0.15) is 0 Å². The average molecular weight is 219 g/mol. The van der Waals surface area contributed by atoms with Crippen LogP contribution >= 0.6 is 0 Å². The Labute approximate surface area is 96.1 Å². The molecule has 0 bridgehead atoms. The minimum atomic E-state index is -0.267. The molecular formula is C13H17NO2. The normalized spacial score (nSPS) is 9.88. The molecule has 0 atom stereocenters. The lowest BCUT2D eigenvalue weighted by atomic mass is 10.1. The first-order valence-electron chi connectivity index (χ1n) is 5.16. The van der Waals surface area contributed by atoms with Crippen LogP contribution in [-0.4, -0.2) is 26.2 Å². The van der Waals surface area contributed by atoms with Crippen LogP contribution in [0.25, 0.3) is 5.57 Å². The van der Waals surface area contributed by atoms with Gasteiger partial charge in [-0.2, -0.15) is 0 Å². The van der Waals surface area contributed by atoms with Crippen LogP contribution in [0.4, 0.5) is 0 Å². The Balaban J connectivity index is 2.44. The average Bonchev–Trinajstić information content (AvgIpc) is 2.28. The summed E-state index contributed by atoms with van der Waals surface area (Å²) in [5, 5.41) is 2.98. The highest BCUT2D eigenvalue weighted by molar-refractivity contribution is 5.72. The van der Waals surface area contributed by atoms with Crippen molar-refractivity contribution in [2.75, 3.05) is 20.2 Å². The molecule has 0 aliphatic carbocycles. The largest absolute Gasteiger partial charge is 0.468 e. The van der Waals surface area contributed by atoms with Crippen molar-refractivity contribution in [3.05, 3.63) is 42.0 Å². The van der Waals surface area contributed by atoms with Crippen LogP contribution in [0.5, 0.6) is 0 Å². The Hall–Kier alpha value is -1.61. The first-order valence-corrected chi connectivity index (χ1v) is 5.16. The molecule has 16 heavy (non-hydrogen) atoms.